The molecule has 18 atom stereocenters. The molecule has 3 heterocycles. The lowest BCUT2D eigenvalue weighted by Gasteiger charge is -2.52. The van der Waals surface area contributed by atoms with Crippen LogP contribution >= 0.6 is 0 Å². The number of carbonyl (C=O) groups is 4. The molecule has 3 aliphatic rings. The molecule has 0 radical (unpaired) electrons. The van der Waals surface area contributed by atoms with Gasteiger partial charge >= 0.3 is 23.9 Å². The zero-order valence-corrected chi connectivity index (χ0v) is 40.1. The second kappa shape index (κ2) is 22.3. The minimum Gasteiger partial charge on any atom is -0.459 e. The highest BCUT2D eigenvalue weighted by molar-refractivity contribution is 5.89. The van der Waals surface area contributed by atoms with Gasteiger partial charge in [0.15, 0.2) is 18.5 Å². The summed E-state index contributed by atoms with van der Waals surface area (Å²) in [6.07, 6.45) is -2.50. The van der Waals surface area contributed by atoms with Crippen LogP contribution in [0.3, 0.4) is 0 Å². The van der Waals surface area contributed by atoms with Crippen molar-refractivity contribution in [1.29, 1.82) is 0 Å². The van der Waals surface area contributed by atoms with Crippen LogP contribution in [-0.4, -0.2) is 148 Å². The van der Waals surface area contributed by atoms with E-state index in [2.05, 4.69) is 11.1 Å². The van der Waals surface area contributed by atoms with Crippen molar-refractivity contribution in [1.82, 2.24) is 4.90 Å². The number of likely N-dealkylation sites (N-methyl/N-ethyl adjacent to an activating group) is 1. The molecule has 3 aliphatic heterocycles. The van der Waals surface area contributed by atoms with E-state index >= 15 is 0 Å². The topological polar surface area (TPSA) is 218 Å². The molecule has 3 fully saturated rings. The maximum absolute atomic E-state index is 14.7. The van der Waals surface area contributed by atoms with Crippen LogP contribution in [0.1, 0.15) is 122 Å². The van der Waals surface area contributed by atoms with E-state index < -0.39 is 131 Å². The van der Waals surface area contributed by atoms with Crippen molar-refractivity contribution < 1.29 is 72.5 Å². The maximum atomic E-state index is 14.7. The molecular weight excluding hydrogens is 821 g/mol. The molecule has 0 spiro atoms. The Kier molecular flexibility index (Phi) is 19.2. The molecule has 0 bridgehead atoms. The van der Waals surface area contributed by atoms with Gasteiger partial charge in [-0.1, -0.05) is 39.8 Å². The van der Waals surface area contributed by atoms with Gasteiger partial charge in [0.1, 0.15) is 17.3 Å². The number of aliphatic hydroxyl groups is 3. The van der Waals surface area contributed by atoms with Crippen LogP contribution in [0.5, 0.6) is 0 Å². The van der Waals surface area contributed by atoms with Gasteiger partial charge in [-0.25, -0.2) is 4.79 Å². The number of carbonyl (C=O) groups excluding carboxylic acids is 4. The van der Waals surface area contributed by atoms with Gasteiger partial charge in [0, 0.05) is 65.0 Å². The van der Waals surface area contributed by atoms with Gasteiger partial charge in [-0.3, -0.25) is 19.3 Å². The number of terminal acetylenes is 1. The Labute approximate surface area is 374 Å². The normalized spacial score (nSPS) is 42.7. The summed E-state index contributed by atoms with van der Waals surface area (Å²) in [5.41, 5.74) is -4.87. The summed E-state index contributed by atoms with van der Waals surface area (Å²) in [5.74, 6) is -4.37. The first kappa shape index (κ1) is 54.1. The van der Waals surface area contributed by atoms with Crippen molar-refractivity contribution in [3.8, 4) is 12.3 Å². The van der Waals surface area contributed by atoms with Gasteiger partial charge in [0.2, 0.25) is 0 Å². The summed E-state index contributed by atoms with van der Waals surface area (Å²) in [6.45, 7) is 21.1. The zero-order valence-electron chi connectivity index (χ0n) is 40.1. The van der Waals surface area contributed by atoms with Crippen LogP contribution < -0.4 is 0 Å². The first-order valence-corrected chi connectivity index (χ1v) is 22.2. The fourth-order valence-electron chi connectivity index (χ4n) is 10.3. The Morgan fingerprint density at radius 3 is 2.10 bits per heavy atom. The van der Waals surface area contributed by atoms with Gasteiger partial charge in [-0.05, 0) is 66.8 Å². The number of esters is 3. The summed E-state index contributed by atoms with van der Waals surface area (Å²) >= 11 is 0. The van der Waals surface area contributed by atoms with Crippen LogP contribution in [-0.2, 0) is 57.2 Å². The fraction of sp³-hybridized carbons (Fsp3) is 0.848. The molecule has 0 aliphatic carbocycles. The molecule has 0 aromatic heterocycles. The molecule has 3 unspecified atom stereocenters. The van der Waals surface area contributed by atoms with Crippen LogP contribution in [0.2, 0.25) is 0 Å². The monoisotopic (exact) mass is 897 g/mol. The van der Waals surface area contributed by atoms with Crippen molar-refractivity contribution in [2.75, 3.05) is 20.7 Å². The number of ether oxygens (including phenoxy) is 7. The Balaban J connectivity index is 2.38. The van der Waals surface area contributed by atoms with Gasteiger partial charge in [-0.15, -0.1) is 12.3 Å². The second-order valence-corrected chi connectivity index (χ2v) is 18.9. The lowest BCUT2D eigenvalue weighted by atomic mass is 9.67. The molecule has 63 heavy (non-hydrogen) atoms. The predicted molar refractivity (Wildman–Crippen MR) is 231 cm³/mol. The molecule has 17 nitrogen and oxygen atoms in total. The van der Waals surface area contributed by atoms with Crippen molar-refractivity contribution in [3.05, 3.63) is 0 Å². The third kappa shape index (κ3) is 13.0. The number of oxime groups is 1. The molecule has 0 amide bonds. The van der Waals surface area contributed by atoms with E-state index in [9.17, 15) is 34.5 Å². The zero-order chi connectivity index (χ0) is 47.9. The molecule has 360 valence electrons. The standard InChI is InChI=1S/C46H76N2O15/c1-17-19-20-48(15)33-21-25(4)57-43(38(33)59-30(9)49)62-40-26(5)36(34-23-45(13,56-16)41(29(8)58-34)60-31(10)50)27(6)42(53)61-35(18-2)46(14,55)39(52)28(7)37(47-63-32(11)51)24(3)22-44(40,12)54/h1,24-29,33-36,38-41,43,52,54-55H,18-23H2,2-16H3/b47-37+/t24-,25-,26+,27-,28+,29+,33?,34?,35?,36+,38-,39-,40-,41+,43+,44-,45-,46-/m1/s1. The highest BCUT2D eigenvalue weighted by Crippen LogP contribution is 2.46. The highest BCUT2D eigenvalue weighted by atomic mass is 16.7. The summed E-state index contributed by atoms with van der Waals surface area (Å²) in [6, 6.07) is -0.412. The average molecular weight is 897 g/mol. The van der Waals surface area contributed by atoms with E-state index in [0.29, 0.717) is 19.4 Å². The molecule has 0 saturated carbocycles. The van der Waals surface area contributed by atoms with Gasteiger partial charge in [0.25, 0.3) is 0 Å². The fourth-order valence-corrected chi connectivity index (χ4v) is 10.3. The maximum Gasteiger partial charge on any atom is 0.331 e. The van der Waals surface area contributed by atoms with Crippen LogP contribution in [0.4, 0.5) is 0 Å². The number of aliphatic hydroxyl groups excluding tert-OH is 1. The third-order valence-electron chi connectivity index (χ3n) is 13.5. The molecular formula is C46H76N2O15. The molecule has 0 aromatic carbocycles. The quantitative estimate of drug-likeness (QED) is 0.0880. The van der Waals surface area contributed by atoms with E-state index in [1.807, 2.05) is 25.8 Å². The predicted octanol–water partition coefficient (Wildman–Crippen LogP) is 3.94. The Morgan fingerprint density at radius 2 is 1.56 bits per heavy atom. The molecule has 3 rings (SSSR count). The minimum absolute atomic E-state index is 0.107. The van der Waals surface area contributed by atoms with Gasteiger partial charge in [0.05, 0.1) is 53.8 Å². The van der Waals surface area contributed by atoms with Crippen LogP contribution in [0, 0.1) is 41.9 Å². The van der Waals surface area contributed by atoms with E-state index in [1.54, 1.807) is 48.5 Å². The SMILES string of the molecule is C#CCCN(C)C1C[C@@H](C)O[C@@H](O[C@@H]2[C@@H](C)[C@H](C3C[C@@](C)(OC)[C@@H](OC(C)=O)[C@H](C)O3)[C@@H](C)C(=O)OC(CC)[C@@](C)(O)[C@H](O)[C@@H](C)/C(=N/OC(C)=O)[C@H](C)C[C@@]2(C)O)[C@@H]1OC(C)=O. The molecule has 0 aromatic rings. The summed E-state index contributed by atoms with van der Waals surface area (Å²) < 4.78 is 44.1. The number of hydrogen-bond acceptors (Lipinski definition) is 17. The number of hydrogen-bond donors (Lipinski definition) is 3. The molecule has 3 N–H and O–H groups in total. The van der Waals surface area contributed by atoms with Crippen LogP contribution in [0.25, 0.3) is 0 Å². The second-order valence-electron chi connectivity index (χ2n) is 18.9. The summed E-state index contributed by atoms with van der Waals surface area (Å²) in [5, 5.41) is 41.1. The van der Waals surface area contributed by atoms with E-state index in [4.69, 9.17) is 44.4 Å². The first-order chi connectivity index (χ1) is 29.2. The van der Waals surface area contributed by atoms with Gasteiger partial charge in [-0.2, -0.15) is 0 Å². The molecule has 17 heteroatoms. The van der Waals surface area contributed by atoms with E-state index in [1.165, 1.54) is 34.8 Å². The van der Waals surface area contributed by atoms with Crippen molar-refractivity contribution in [3.63, 3.8) is 0 Å². The largest absolute Gasteiger partial charge is 0.459 e. The van der Waals surface area contributed by atoms with E-state index in [-0.39, 0.29) is 25.0 Å². The Morgan fingerprint density at radius 1 is 0.937 bits per heavy atom. The van der Waals surface area contributed by atoms with Crippen molar-refractivity contribution >= 4 is 29.6 Å². The number of nitrogens with zero attached hydrogens (tertiary/aromatic N) is 2. The smallest absolute Gasteiger partial charge is 0.331 e. The molecule has 3 saturated heterocycles. The van der Waals surface area contributed by atoms with Gasteiger partial charge < -0.3 is 53.3 Å². The Bertz CT molecular complexity index is 1650. The Hall–Kier alpha value is -3.21. The average Bonchev–Trinajstić information content (AvgIpc) is 3.18. The number of methoxy groups -OCH3 is 1. The van der Waals surface area contributed by atoms with Crippen LogP contribution in [0.15, 0.2) is 5.16 Å². The van der Waals surface area contributed by atoms with E-state index in [0.717, 1.165) is 0 Å². The first-order valence-electron chi connectivity index (χ1n) is 22.2. The lowest BCUT2D eigenvalue weighted by molar-refractivity contribution is -0.304. The van der Waals surface area contributed by atoms with Crippen molar-refractivity contribution in [2.45, 2.75) is 200 Å². The third-order valence-corrected chi connectivity index (χ3v) is 13.5. The lowest BCUT2D eigenvalue weighted by Crippen LogP contribution is -2.63. The van der Waals surface area contributed by atoms with Crippen molar-refractivity contribution in [2.24, 2.45) is 34.7 Å². The summed E-state index contributed by atoms with van der Waals surface area (Å²) in [4.78, 5) is 59.0. The number of cyclic esters (lactones) is 1. The highest BCUT2D eigenvalue weighted by Gasteiger charge is 2.57. The minimum atomic E-state index is -2.04. The number of rotatable bonds is 11. The summed E-state index contributed by atoms with van der Waals surface area (Å²) in [7, 11) is 3.37.